The number of nitrogens with zero attached hydrogens (tertiary/aromatic N) is 2. The van der Waals surface area contributed by atoms with Gasteiger partial charge in [0.25, 0.3) is 0 Å². The van der Waals surface area contributed by atoms with Gasteiger partial charge in [-0.3, -0.25) is 4.68 Å². The van der Waals surface area contributed by atoms with Gasteiger partial charge in [-0.15, -0.1) is 0 Å². The third kappa shape index (κ3) is 3.64. The van der Waals surface area contributed by atoms with E-state index in [1.165, 1.54) is 0 Å². The summed E-state index contributed by atoms with van der Waals surface area (Å²) in [6, 6.07) is 7.36. The van der Waals surface area contributed by atoms with Gasteiger partial charge in [0.15, 0.2) is 11.5 Å². The molecule has 0 bridgehead atoms. The van der Waals surface area contributed by atoms with Crippen LogP contribution in [0, 0.1) is 0 Å². The quantitative estimate of drug-likeness (QED) is 0.800. The number of anilines is 1. The number of aliphatic hydroxyl groups excluding tert-OH is 1. The smallest absolute Gasteiger partial charge is 0.162 e. The Morgan fingerprint density at radius 1 is 1.30 bits per heavy atom. The van der Waals surface area contributed by atoms with Crippen molar-refractivity contribution >= 4 is 5.69 Å². The lowest BCUT2D eigenvalue weighted by molar-refractivity contribution is 0.161. The number of nitrogens with one attached hydrogen (secondary N) is 1. The Balaban J connectivity index is 1.90. The van der Waals surface area contributed by atoms with Crippen LogP contribution in [0.5, 0.6) is 11.5 Å². The fraction of sp³-hybridized carbons (Fsp3) is 0.357. The standard InChI is InChI=1S/C14H19N3O3/c1-19-13-5-4-11(8-14(13)20-2)15-9-12(18)10-17-7-3-6-16-17/h3-8,12,15,18H,9-10H2,1-2H3. The average molecular weight is 277 g/mol. The first kappa shape index (κ1) is 14.2. The summed E-state index contributed by atoms with van der Waals surface area (Å²) in [4.78, 5) is 0. The van der Waals surface area contributed by atoms with Crippen LogP contribution in [0.25, 0.3) is 0 Å². The van der Waals surface area contributed by atoms with Gasteiger partial charge in [-0.25, -0.2) is 0 Å². The minimum atomic E-state index is -0.525. The van der Waals surface area contributed by atoms with E-state index in [2.05, 4.69) is 10.4 Å². The van der Waals surface area contributed by atoms with Gasteiger partial charge >= 0.3 is 0 Å². The molecule has 2 N–H and O–H groups in total. The zero-order valence-electron chi connectivity index (χ0n) is 11.6. The van der Waals surface area contributed by atoms with Crippen LogP contribution in [0.3, 0.4) is 0 Å². The molecule has 0 amide bonds. The molecule has 0 aliphatic heterocycles. The minimum absolute atomic E-state index is 0.426. The number of methoxy groups -OCH3 is 2. The summed E-state index contributed by atoms with van der Waals surface area (Å²) >= 11 is 0. The van der Waals surface area contributed by atoms with Crippen LogP contribution >= 0.6 is 0 Å². The molecule has 0 aliphatic rings. The maximum Gasteiger partial charge on any atom is 0.162 e. The monoisotopic (exact) mass is 277 g/mol. The molecule has 2 aromatic rings. The molecule has 0 saturated heterocycles. The van der Waals surface area contributed by atoms with Crippen molar-refractivity contribution in [3.05, 3.63) is 36.7 Å². The highest BCUT2D eigenvalue weighted by Gasteiger charge is 2.07. The number of rotatable bonds is 7. The summed E-state index contributed by atoms with van der Waals surface area (Å²) in [5.74, 6) is 1.33. The molecule has 1 aromatic heterocycles. The molecule has 1 heterocycles. The van der Waals surface area contributed by atoms with Gasteiger partial charge in [0.2, 0.25) is 0 Å². The molecule has 1 aromatic carbocycles. The number of hydrogen-bond acceptors (Lipinski definition) is 5. The Hall–Kier alpha value is -2.21. The first-order valence-corrected chi connectivity index (χ1v) is 6.34. The Morgan fingerprint density at radius 2 is 2.10 bits per heavy atom. The zero-order chi connectivity index (χ0) is 14.4. The highest BCUT2D eigenvalue weighted by atomic mass is 16.5. The first-order chi connectivity index (χ1) is 9.72. The second-order valence-electron chi connectivity index (χ2n) is 4.33. The SMILES string of the molecule is COc1ccc(NCC(O)Cn2cccn2)cc1OC. The van der Waals surface area contributed by atoms with E-state index < -0.39 is 6.10 Å². The number of aliphatic hydroxyl groups is 1. The molecule has 2 rings (SSSR count). The van der Waals surface area contributed by atoms with Crippen molar-refractivity contribution in [1.29, 1.82) is 0 Å². The van der Waals surface area contributed by atoms with Gasteiger partial charge in [0, 0.05) is 30.7 Å². The van der Waals surface area contributed by atoms with Gasteiger partial charge in [-0.05, 0) is 18.2 Å². The predicted molar refractivity (Wildman–Crippen MR) is 76.3 cm³/mol. The van der Waals surface area contributed by atoms with Crippen molar-refractivity contribution in [3.63, 3.8) is 0 Å². The van der Waals surface area contributed by atoms with E-state index >= 15 is 0 Å². The number of benzene rings is 1. The zero-order valence-corrected chi connectivity index (χ0v) is 11.6. The second kappa shape index (κ2) is 6.81. The minimum Gasteiger partial charge on any atom is -0.493 e. The summed E-state index contributed by atoms with van der Waals surface area (Å²) < 4.78 is 12.1. The largest absolute Gasteiger partial charge is 0.493 e. The molecule has 108 valence electrons. The first-order valence-electron chi connectivity index (χ1n) is 6.34. The molecular weight excluding hydrogens is 258 g/mol. The molecule has 1 unspecified atom stereocenters. The fourth-order valence-corrected chi connectivity index (χ4v) is 1.87. The lowest BCUT2D eigenvalue weighted by atomic mass is 10.2. The summed E-state index contributed by atoms with van der Waals surface area (Å²) in [6.45, 7) is 0.878. The normalized spacial score (nSPS) is 11.9. The average Bonchev–Trinajstić information content (AvgIpc) is 2.97. The van der Waals surface area contributed by atoms with Crippen molar-refractivity contribution in [1.82, 2.24) is 9.78 Å². The number of ether oxygens (including phenoxy) is 2. The van der Waals surface area contributed by atoms with Crippen LogP contribution < -0.4 is 14.8 Å². The molecule has 1 atom stereocenters. The van der Waals surface area contributed by atoms with Crippen molar-refractivity contribution in [3.8, 4) is 11.5 Å². The summed E-state index contributed by atoms with van der Waals surface area (Å²) in [7, 11) is 3.19. The molecular formula is C14H19N3O3. The van der Waals surface area contributed by atoms with Gasteiger partial charge in [-0.2, -0.15) is 5.10 Å². The Labute approximate surface area is 117 Å². The molecule has 0 fully saturated rings. The van der Waals surface area contributed by atoms with E-state index in [0.717, 1.165) is 5.69 Å². The molecule has 0 aliphatic carbocycles. The van der Waals surface area contributed by atoms with Gasteiger partial charge in [0.05, 0.1) is 26.9 Å². The fourth-order valence-electron chi connectivity index (χ4n) is 1.87. The van der Waals surface area contributed by atoms with Crippen molar-refractivity contribution in [2.75, 3.05) is 26.1 Å². The van der Waals surface area contributed by atoms with E-state index in [9.17, 15) is 5.11 Å². The molecule has 0 saturated carbocycles. The van der Waals surface area contributed by atoms with Crippen LogP contribution in [0.15, 0.2) is 36.7 Å². The van der Waals surface area contributed by atoms with E-state index in [4.69, 9.17) is 9.47 Å². The number of hydrogen-bond donors (Lipinski definition) is 2. The summed E-state index contributed by atoms with van der Waals surface area (Å²) in [6.07, 6.45) is 2.98. The van der Waals surface area contributed by atoms with Crippen LogP contribution in [-0.4, -0.2) is 41.8 Å². The van der Waals surface area contributed by atoms with Crippen molar-refractivity contribution in [2.24, 2.45) is 0 Å². The second-order valence-corrected chi connectivity index (χ2v) is 4.33. The Kier molecular flexibility index (Phi) is 4.84. The van der Waals surface area contributed by atoms with E-state index in [1.807, 2.05) is 30.5 Å². The van der Waals surface area contributed by atoms with Crippen LogP contribution in [-0.2, 0) is 6.54 Å². The molecule has 0 spiro atoms. The van der Waals surface area contributed by atoms with Crippen molar-refractivity contribution < 1.29 is 14.6 Å². The lowest BCUT2D eigenvalue weighted by Crippen LogP contribution is -2.25. The molecule has 6 heteroatoms. The van der Waals surface area contributed by atoms with Crippen LogP contribution in [0.2, 0.25) is 0 Å². The van der Waals surface area contributed by atoms with E-state index in [0.29, 0.717) is 24.6 Å². The molecule has 20 heavy (non-hydrogen) atoms. The van der Waals surface area contributed by atoms with E-state index in [1.54, 1.807) is 25.1 Å². The van der Waals surface area contributed by atoms with Crippen molar-refractivity contribution in [2.45, 2.75) is 12.6 Å². The van der Waals surface area contributed by atoms with Gasteiger partial charge < -0.3 is 19.9 Å². The number of aromatic nitrogens is 2. The lowest BCUT2D eigenvalue weighted by Gasteiger charge is -2.14. The maximum atomic E-state index is 9.93. The maximum absolute atomic E-state index is 9.93. The summed E-state index contributed by atoms with van der Waals surface area (Å²) in [5, 5.41) is 17.1. The Bertz CT molecular complexity index is 528. The highest BCUT2D eigenvalue weighted by molar-refractivity contribution is 5.54. The topological polar surface area (TPSA) is 68.5 Å². The molecule has 6 nitrogen and oxygen atoms in total. The van der Waals surface area contributed by atoms with Gasteiger partial charge in [-0.1, -0.05) is 0 Å². The summed E-state index contributed by atoms with van der Waals surface area (Å²) in [5.41, 5.74) is 0.863. The van der Waals surface area contributed by atoms with E-state index in [-0.39, 0.29) is 0 Å². The third-order valence-corrected chi connectivity index (χ3v) is 2.88. The third-order valence-electron chi connectivity index (χ3n) is 2.88. The molecule has 0 radical (unpaired) electrons. The Morgan fingerprint density at radius 3 is 2.75 bits per heavy atom. The van der Waals surface area contributed by atoms with Crippen LogP contribution in [0.4, 0.5) is 5.69 Å². The van der Waals surface area contributed by atoms with Gasteiger partial charge in [0.1, 0.15) is 0 Å². The highest BCUT2D eigenvalue weighted by Crippen LogP contribution is 2.29. The van der Waals surface area contributed by atoms with Crippen LogP contribution in [0.1, 0.15) is 0 Å². The predicted octanol–water partition coefficient (Wildman–Crippen LogP) is 1.37.